The molecule has 0 saturated carbocycles. The predicted molar refractivity (Wildman–Crippen MR) is 107 cm³/mol. The molecule has 0 fully saturated rings. The highest BCUT2D eigenvalue weighted by Gasteiger charge is 2.22. The van der Waals surface area contributed by atoms with Gasteiger partial charge in [0.25, 0.3) is 0 Å². The molecule has 146 valence electrons. The van der Waals surface area contributed by atoms with Gasteiger partial charge < -0.3 is 21.2 Å². The van der Waals surface area contributed by atoms with Crippen LogP contribution in [0.3, 0.4) is 0 Å². The van der Waals surface area contributed by atoms with Crippen LogP contribution in [-0.4, -0.2) is 40.8 Å². The Labute approximate surface area is 163 Å². The number of anilines is 1. The van der Waals surface area contributed by atoms with Crippen molar-refractivity contribution in [2.24, 2.45) is 10.9 Å². The molecule has 3 heterocycles. The minimum Gasteiger partial charge on any atom is -0.390 e. The van der Waals surface area contributed by atoms with Crippen molar-refractivity contribution in [3.8, 4) is 11.4 Å². The Balaban J connectivity index is 1.58. The Kier molecular flexibility index (Phi) is 5.21. The van der Waals surface area contributed by atoms with E-state index in [9.17, 15) is 4.79 Å². The number of nitrogens with two attached hydrogens (primary N) is 1. The normalized spacial score (nSPS) is 18.2. The highest BCUT2D eigenvalue weighted by Crippen LogP contribution is 2.26. The average molecular weight is 380 g/mol. The molecule has 0 spiro atoms. The molecule has 2 aromatic rings. The molecule has 0 unspecified atom stereocenters. The van der Waals surface area contributed by atoms with E-state index in [0.29, 0.717) is 24.5 Å². The molecule has 8 nitrogen and oxygen atoms in total. The number of fused-ring (bicyclic) bond motifs is 1. The van der Waals surface area contributed by atoms with Gasteiger partial charge in [0, 0.05) is 29.7 Å². The smallest absolute Gasteiger partial charge is 0.248 e. The molecule has 0 aliphatic carbocycles. The molecule has 1 amide bonds. The summed E-state index contributed by atoms with van der Waals surface area (Å²) in [7, 11) is 0. The molecule has 0 radical (unpaired) electrons. The van der Waals surface area contributed by atoms with E-state index >= 15 is 0 Å². The van der Waals surface area contributed by atoms with Crippen LogP contribution in [0, 0.1) is 0 Å². The number of amides is 1. The van der Waals surface area contributed by atoms with Gasteiger partial charge in [-0.25, -0.2) is 9.97 Å². The lowest BCUT2D eigenvalue weighted by Gasteiger charge is -2.21. The number of primary amides is 1. The first-order chi connectivity index (χ1) is 13.6. The van der Waals surface area contributed by atoms with Crippen LogP contribution < -0.4 is 16.4 Å². The highest BCUT2D eigenvalue weighted by atomic mass is 16.6. The number of rotatable bonds is 6. The van der Waals surface area contributed by atoms with Crippen molar-refractivity contribution in [3.05, 3.63) is 41.1 Å². The number of hydrogen-bond acceptors (Lipinski definition) is 7. The molecule has 2 aliphatic rings. The summed E-state index contributed by atoms with van der Waals surface area (Å²) < 4.78 is 0. The molecule has 0 bridgehead atoms. The first kappa shape index (κ1) is 18.4. The van der Waals surface area contributed by atoms with E-state index in [-0.39, 0.29) is 6.10 Å². The quantitative estimate of drug-likeness (QED) is 0.705. The number of nitrogens with zero attached hydrogens (tertiary/aromatic N) is 3. The third-order valence-corrected chi connectivity index (χ3v) is 5.06. The van der Waals surface area contributed by atoms with Gasteiger partial charge in [-0.1, -0.05) is 24.2 Å². The standard InChI is InChI=1S/C20H24N6O2/c1-2-14-9-15(28-26-14)10-23-20-16-7-8-22-11-17(16)24-19(25-20)13-5-3-12(4-6-13)18(21)27/h3-6,15,22H,2,7-11H2,1H3,(H2,21,27)(H,23,24,25)/t15-/m1/s1. The monoisotopic (exact) mass is 380 g/mol. The number of oxime groups is 1. The minimum absolute atomic E-state index is 0.0283. The summed E-state index contributed by atoms with van der Waals surface area (Å²) in [4.78, 5) is 26.3. The first-order valence-corrected chi connectivity index (χ1v) is 9.60. The van der Waals surface area contributed by atoms with Gasteiger partial charge in [-0.15, -0.1) is 0 Å². The second-order valence-electron chi connectivity index (χ2n) is 7.01. The zero-order chi connectivity index (χ0) is 19.5. The largest absolute Gasteiger partial charge is 0.390 e. The highest BCUT2D eigenvalue weighted by molar-refractivity contribution is 5.93. The van der Waals surface area contributed by atoms with E-state index in [2.05, 4.69) is 22.7 Å². The van der Waals surface area contributed by atoms with E-state index in [0.717, 1.165) is 54.2 Å². The summed E-state index contributed by atoms with van der Waals surface area (Å²) in [5.74, 6) is 1.02. The fraction of sp³-hybridized carbons (Fsp3) is 0.400. The van der Waals surface area contributed by atoms with Crippen molar-refractivity contribution < 1.29 is 9.63 Å². The van der Waals surface area contributed by atoms with Gasteiger partial charge in [-0.3, -0.25) is 4.79 Å². The molecule has 1 atom stereocenters. The zero-order valence-electron chi connectivity index (χ0n) is 15.9. The summed E-state index contributed by atoms with van der Waals surface area (Å²) in [6.07, 6.45) is 2.66. The SMILES string of the molecule is CCC1=NO[C@@H](CNc2nc(-c3ccc(C(N)=O)cc3)nc3c2CCNC3)C1. The molecular weight excluding hydrogens is 356 g/mol. The number of carbonyl (C=O) groups is 1. The van der Waals surface area contributed by atoms with Gasteiger partial charge in [-0.05, 0) is 31.5 Å². The lowest BCUT2D eigenvalue weighted by molar-refractivity contribution is 0.0948. The molecule has 4 N–H and O–H groups in total. The van der Waals surface area contributed by atoms with Gasteiger partial charge in [0.2, 0.25) is 5.91 Å². The molecule has 1 aromatic heterocycles. The Hall–Kier alpha value is -3.00. The van der Waals surface area contributed by atoms with Crippen molar-refractivity contribution in [2.45, 2.75) is 38.8 Å². The molecular formula is C20H24N6O2. The van der Waals surface area contributed by atoms with Gasteiger partial charge in [0.05, 0.1) is 18.0 Å². The topological polar surface area (TPSA) is 115 Å². The van der Waals surface area contributed by atoms with Gasteiger partial charge in [0.15, 0.2) is 5.82 Å². The summed E-state index contributed by atoms with van der Waals surface area (Å²) in [5, 5.41) is 10.9. The fourth-order valence-electron chi connectivity index (χ4n) is 3.43. The number of nitrogens with one attached hydrogen (secondary N) is 2. The Morgan fingerprint density at radius 1 is 1.32 bits per heavy atom. The Morgan fingerprint density at radius 3 is 2.86 bits per heavy atom. The molecule has 1 aromatic carbocycles. The van der Waals surface area contributed by atoms with Crippen LogP contribution in [0.25, 0.3) is 11.4 Å². The van der Waals surface area contributed by atoms with Crippen LogP contribution in [0.5, 0.6) is 0 Å². The van der Waals surface area contributed by atoms with E-state index in [4.69, 9.17) is 20.5 Å². The second kappa shape index (κ2) is 7.93. The number of hydrogen-bond donors (Lipinski definition) is 3. The van der Waals surface area contributed by atoms with Crippen molar-refractivity contribution in [1.82, 2.24) is 15.3 Å². The summed E-state index contributed by atoms with van der Waals surface area (Å²) in [6, 6.07) is 7.04. The second-order valence-corrected chi connectivity index (χ2v) is 7.01. The van der Waals surface area contributed by atoms with Crippen LogP contribution in [0.2, 0.25) is 0 Å². The molecule has 0 saturated heterocycles. The van der Waals surface area contributed by atoms with E-state index in [1.807, 2.05) is 12.1 Å². The van der Waals surface area contributed by atoms with Crippen LogP contribution in [-0.2, 0) is 17.8 Å². The third kappa shape index (κ3) is 3.82. The molecule has 2 aliphatic heterocycles. The Morgan fingerprint density at radius 2 is 2.14 bits per heavy atom. The predicted octanol–water partition coefficient (Wildman–Crippen LogP) is 1.85. The van der Waals surface area contributed by atoms with Crippen molar-refractivity contribution in [2.75, 3.05) is 18.4 Å². The molecule has 4 rings (SSSR count). The van der Waals surface area contributed by atoms with Crippen LogP contribution in [0.15, 0.2) is 29.4 Å². The number of aromatic nitrogens is 2. The van der Waals surface area contributed by atoms with E-state index in [1.165, 1.54) is 0 Å². The van der Waals surface area contributed by atoms with Gasteiger partial charge in [-0.2, -0.15) is 0 Å². The van der Waals surface area contributed by atoms with Crippen LogP contribution >= 0.6 is 0 Å². The lowest BCUT2D eigenvalue weighted by Crippen LogP contribution is -2.28. The molecule has 28 heavy (non-hydrogen) atoms. The average Bonchev–Trinajstić information content (AvgIpc) is 3.20. The van der Waals surface area contributed by atoms with Crippen molar-refractivity contribution in [1.29, 1.82) is 0 Å². The maximum atomic E-state index is 11.3. The van der Waals surface area contributed by atoms with Crippen molar-refractivity contribution >= 4 is 17.4 Å². The summed E-state index contributed by atoms with van der Waals surface area (Å²) in [5.41, 5.74) is 9.87. The first-order valence-electron chi connectivity index (χ1n) is 9.60. The third-order valence-electron chi connectivity index (χ3n) is 5.06. The van der Waals surface area contributed by atoms with E-state index in [1.54, 1.807) is 12.1 Å². The Bertz CT molecular complexity index is 910. The lowest BCUT2D eigenvalue weighted by atomic mass is 10.1. The van der Waals surface area contributed by atoms with Gasteiger partial charge >= 0.3 is 0 Å². The van der Waals surface area contributed by atoms with Crippen LogP contribution in [0.1, 0.15) is 41.4 Å². The number of carbonyl (C=O) groups excluding carboxylic acids is 1. The fourth-order valence-corrected chi connectivity index (χ4v) is 3.43. The number of benzene rings is 1. The zero-order valence-corrected chi connectivity index (χ0v) is 15.9. The van der Waals surface area contributed by atoms with Crippen molar-refractivity contribution in [3.63, 3.8) is 0 Å². The summed E-state index contributed by atoms with van der Waals surface area (Å²) >= 11 is 0. The van der Waals surface area contributed by atoms with Gasteiger partial charge in [0.1, 0.15) is 11.9 Å². The maximum Gasteiger partial charge on any atom is 0.248 e. The maximum absolute atomic E-state index is 11.3. The minimum atomic E-state index is -0.449. The van der Waals surface area contributed by atoms with Crippen LogP contribution in [0.4, 0.5) is 5.82 Å². The molecule has 8 heteroatoms. The van der Waals surface area contributed by atoms with E-state index < -0.39 is 5.91 Å². The summed E-state index contributed by atoms with van der Waals surface area (Å²) in [6.45, 7) is 4.34.